The van der Waals surface area contributed by atoms with Crippen molar-refractivity contribution in [1.82, 2.24) is 0 Å². The lowest BCUT2D eigenvalue weighted by atomic mass is 9.91. The summed E-state index contributed by atoms with van der Waals surface area (Å²) in [6.07, 6.45) is 3.04. The Morgan fingerprint density at radius 3 is 3.11 bits per heavy atom. The predicted octanol–water partition coefficient (Wildman–Crippen LogP) is 3.14. The van der Waals surface area contributed by atoms with Crippen LogP contribution in [0.15, 0.2) is 24.3 Å². The van der Waals surface area contributed by atoms with E-state index in [1.54, 1.807) is 0 Å². The van der Waals surface area contributed by atoms with Crippen LogP contribution < -0.4 is 4.74 Å². The molecule has 4 heteroatoms. The quantitative estimate of drug-likeness (QED) is 0.797. The topological polar surface area (TPSA) is 27.7 Å². The monoisotopic (exact) mass is 282 g/mol. The third-order valence-corrected chi connectivity index (χ3v) is 4.18. The van der Waals surface area contributed by atoms with E-state index in [0.29, 0.717) is 12.5 Å². The SMILES string of the molecule is ClCc1cccc(OC2CCOC3(CCOC3)C2)c1. The van der Waals surface area contributed by atoms with E-state index in [1.807, 2.05) is 24.3 Å². The van der Waals surface area contributed by atoms with Crippen molar-refractivity contribution in [3.8, 4) is 5.75 Å². The maximum absolute atomic E-state index is 6.09. The van der Waals surface area contributed by atoms with Crippen molar-refractivity contribution >= 4 is 11.6 Å². The highest BCUT2D eigenvalue weighted by molar-refractivity contribution is 6.17. The van der Waals surface area contributed by atoms with Gasteiger partial charge in [-0.3, -0.25) is 0 Å². The van der Waals surface area contributed by atoms with Gasteiger partial charge in [-0.15, -0.1) is 11.6 Å². The third-order valence-electron chi connectivity index (χ3n) is 3.87. The van der Waals surface area contributed by atoms with Crippen molar-refractivity contribution in [2.24, 2.45) is 0 Å². The van der Waals surface area contributed by atoms with Gasteiger partial charge in [-0.05, 0) is 17.7 Å². The molecule has 2 heterocycles. The molecule has 0 saturated carbocycles. The summed E-state index contributed by atoms with van der Waals surface area (Å²) in [5.74, 6) is 1.42. The maximum atomic E-state index is 6.09. The van der Waals surface area contributed by atoms with Crippen LogP contribution in [-0.4, -0.2) is 31.5 Å². The summed E-state index contributed by atoms with van der Waals surface area (Å²) >= 11 is 5.85. The second kappa shape index (κ2) is 5.70. The van der Waals surface area contributed by atoms with Gasteiger partial charge in [0.25, 0.3) is 0 Å². The van der Waals surface area contributed by atoms with Crippen LogP contribution in [0.1, 0.15) is 24.8 Å². The Morgan fingerprint density at radius 1 is 1.37 bits per heavy atom. The molecule has 3 nitrogen and oxygen atoms in total. The first-order valence-corrected chi connectivity index (χ1v) is 7.36. The van der Waals surface area contributed by atoms with Gasteiger partial charge in [0.15, 0.2) is 0 Å². The van der Waals surface area contributed by atoms with Gasteiger partial charge >= 0.3 is 0 Å². The van der Waals surface area contributed by atoms with Crippen LogP contribution in [0.3, 0.4) is 0 Å². The van der Waals surface area contributed by atoms with Crippen molar-refractivity contribution in [2.75, 3.05) is 19.8 Å². The minimum Gasteiger partial charge on any atom is -0.490 e. The van der Waals surface area contributed by atoms with Crippen molar-refractivity contribution in [3.63, 3.8) is 0 Å². The molecule has 2 fully saturated rings. The molecule has 0 aromatic heterocycles. The minimum atomic E-state index is -0.104. The smallest absolute Gasteiger partial charge is 0.120 e. The first kappa shape index (κ1) is 13.2. The molecule has 2 unspecified atom stereocenters. The Morgan fingerprint density at radius 2 is 2.32 bits per heavy atom. The van der Waals surface area contributed by atoms with Crippen molar-refractivity contribution in [1.29, 1.82) is 0 Å². The highest BCUT2D eigenvalue weighted by atomic mass is 35.5. The van der Waals surface area contributed by atoms with Crippen molar-refractivity contribution in [3.05, 3.63) is 29.8 Å². The fraction of sp³-hybridized carbons (Fsp3) is 0.600. The number of benzene rings is 1. The highest BCUT2D eigenvalue weighted by Crippen LogP contribution is 2.34. The van der Waals surface area contributed by atoms with E-state index in [4.69, 9.17) is 25.8 Å². The number of hydrogen-bond acceptors (Lipinski definition) is 3. The van der Waals surface area contributed by atoms with Gasteiger partial charge < -0.3 is 14.2 Å². The van der Waals surface area contributed by atoms with Gasteiger partial charge in [-0.2, -0.15) is 0 Å². The fourth-order valence-corrected chi connectivity index (χ4v) is 3.01. The second-order valence-corrected chi connectivity index (χ2v) is 5.62. The molecule has 2 atom stereocenters. The largest absolute Gasteiger partial charge is 0.490 e. The molecule has 2 saturated heterocycles. The van der Waals surface area contributed by atoms with E-state index in [9.17, 15) is 0 Å². The van der Waals surface area contributed by atoms with Crippen molar-refractivity contribution < 1.29 is 14.2 Å². The normalized spacial score (nSPS) is 30.7. The van der Waals surface area contributed by atoms with Crippen LogP contribution in [0.5, 0.6) is 5.75 Å². The van der Waals surface area contributed by atoms with Gasteiger partial charge in [0.1, 0.15) is 11.9 Å². The van der Waals surface area contributed by atoms with E-state index >= 15 is 0 Å². The molecule has 19 heavy (non-hydrogen) atoms. The zero-order valence-electron chi connectivity index (χ0n) is 10.9. The van der Waals surface area contributed by atoms with Gasteiger partial charge in [0.05, 0.1) is 18.8 Å². The average Bonchev–Trinajstić information content (AvgIpc) is 2.87. The summed E-state index contributed by atoms with van der Waals surface area (Å²) in [7, 11) is 0. The van der Waals surface area contributed by atoms with Gasteiger partial charge in [-0.25, -0.2) is 0 Å². The summed E-state index contributed by atoms with van der Waals surface area (Å²) in [6, 6.07) is 8.00. The average molecular weight is 283 g/mol. The van der Waals surface area contributed by atoms with Crippen LogP contribution in [0.2, 0.25) is 0 Å². The molecule has 2 aliphatic heterocycles. The number of alkyl halides is 1. The molecule has 0 N–H and O–H groups in total. The Labute approximate surface area is 118 Å². The molecule has 3 rings (SSSR count). The van der Waals surface area contributed by atoms with E-state index < -0.39 is 0 Å². The van der Waals surface area contributed by atoms with Crippen LogP contribution in [0.25, 0.3) is 0 Å². The lowest BCUT2D eigenvalue weighted by Gasteiger charge is -2.37. The summed E-state index contributed by atoms with van der Waals surface area (Å²) in [4.78, 5) is 0. The number of rotatable bonds is 3. The summed E-state index contributed by atoms with van der Waals surface area (Å²) in [5, 5.41) is 0. The van der Waals surface area contributed by atoms with E-state index in [-0.39, 0.29) is 11.7 Å². The summed E-state index contributed by atoms with van der Waals surface area (Å²) in [5.41, 5.74) is 0.984. The van der Waals surface area contributed by atoms with Crippen LogP contribution in [0, 0.1) is 0 Å². The lowest BCUT2D eigenvalue weighted by molar-refractivity contribution is -0.112. The standard InChI is InChI=1S/C15H19ClO3/c16-10-12-2-1-3-13(8-12)19-14-4-6-18-15(9-14)5-7-17-11-15/h1-3,8,14H,4-7,9-11H2. The lowest BCUT2D eigenvalue weighted by Crippen LogP contribution is -2.44. The molecule has 0 bridgehead atoms. The molecule has 1 spiro atoms. The molecule has 0 radical (unpaired) electrons. The van der Waals surface area contributed by atoms with Gasteiger partial charge in [0.2, 0.25) is 0 Å². The minimum absolute atomic E-state index is 0.104. The Hall–Kier alpha value is -0.770. The molecular formula is C15H19ClO3. The zero-order valence-corrected chi connectivity index (χ0v) is 11.7. The first-order chi connectivity index (χ1) is 9.30. The molecule has 1 aromatic rings. The van der Waals surface area contributed by atoms with E-state index in [1.165, 1.54) is 0 Å². The maximum Gasteiger partial charge on any atom is 0.120 e. The fourth-order valence-electron chi connectivity index (χ4n) is 2.84. The van der Waals surface area contributed by atoms with Crippen LogP contribution in [-0.2, 0) is 15.4 Å². The first-order valence-electron chi connectivity index (χ1n) is 6.83. The number of hydrogen-bond donors (Lipinski definition) is 0. The van der Waals surface area contributed by atoms with E-state index in [0.717, 1.165) is 43.8 Å². The molecule has 2 aliphatic rings. The van der Waals surface area contributed by atoms with Gasteiger partial charge in [0, 0.05) is 31.7 Å². The molecule has 1 aromatic carbocycles. The Bertz CT molecular complexity index is 429. The molecule has 104 valence electrons. The highest BCUT2D eigenvalue weighted by Gasteiger charge is 2.41. The zero-order chi connectivity index (χ0) is 13.1. The molecular weight excluding hydrogens is 264 g/mol. The predicted molar refractivity (Wildman–Crippen MR) is 73.8 cm³/mol. The van der Waals surface area contributed by atoms with Crippen LogP contribution in [0.4, 0.5) is 0 Å². The number of halogens is 1. The number of ether oxygens (including phenoxy) is 3. The Balaban J connectivity index is 1.65. The van der Waals surface area contributed by atoms with Crippen LogP contribution >= 0.6 is 11.6 Å². The van der Waals surface area contributed by atoms with E-state index in [2.05, 4.69) is 0 Å². The molecule has 0 amide bonds. The Kier molecular flexibility index (Phi) is 3.96. The second-order valence-electron chi connectivity index (χ2n) is 5.35. The molecule has 0 aliphatic carbocycles. The summed E-state index contributed by atoms with van der Waals surface area (Å²) in [6.45, 7) is 2.26. The van der Waals surface area contributed by atoms with Gasteiger partial charge in [-0.1, -0.05) is 12.1 Å². The third kappa shape index (κ3) is 3.04. The summed E-state index contributed by atoms with van der Waals surface area (Å²) < 4.78 is 17.5. The van der Waals surface area contributed by atoms with Crippen molar-refractivity contribution in [2.45, 2.75) is 36.8 Å².